The Morgan fingerprint density at radius 1 is 1.24 bits per heavy atom. The smallest absolute Gasteiger partial charge is 0.204 e. The predicted octanol–water partition coefficient (Wildman–Crippen LogP) is 3.39. The van der Waals surface area contributed by atoms with Crippen molar-refractivity contribution in [3.63, 3.8) is 0 Å². The molecule has 1 N–H and O–H groups in total. The lowest BCUT2D eigenvalue weighted by Gasteiger charge is -2.22. The van der Waals surface area contributed by atoms with E-state index in [9.17, 15) is 0 Å². The van der Waals surface area contributed by atoms with Crippen molar-refractivity contribution in [3.8, 4) is 0 Å². The summed E-state index contributed by atoms with van der Waals surface area (Å²) in [5.74, 6) is 0.964. The fourth-order valence-corrected chi connectivity index (χ4v) is 2.83. The van der Waals surface area contributed by atoms with Crippen molar-refractivity contribution in [3.05, 3.63) is 15.9 Å². The third kappa shape index (κ3) is 2.86. The minimum atomic E-state index is 0.767. The molecule has 0 spiro atoms. The van der Waals surface area contributed by atoms with E-state index in [1.807, 2.05) is 0 Å². The zero-order valence-corrected chi connectivity index (χ0v) is 11.6. The van der Waals surface area contributed by atoms with Gasteiger partial charge in [-0.1, -0.05) is 32.0 Å². The number of nitrogens with zero attached hydrogens (tertiary/aromatic N) is 2. The predicted molar refractivity (Wildman–Crippen MR) is 74.2 cm³/mol. The van der Waals surface area contributed by atoms with Crippen molar-refractivity contribution in [1.82, 2.24) is 9.97 Å². The van der Waals surface area contributed by atoms with Gasteiger partial charge in [0.25, 0.3) is 0 Å². The molecule has 0 bridgehead atoms. The molecule has 1 fully saturated rings. The maximum atomic E-state index is 5.37. The number of aromatic nitrogens is 2. The first-order chi connectivity index (χ1) is 8.22. The van der Waals surface area contributed by atoms with Gasteiger partial charge in [0.2, 0.25) is 5.95 Å². The van der Waals surface area contributed by atoms with E-state index in [-0.39, 0.29) is 0 Å². The maximum absolute atomic E-state index is 5.37. The first-order valence-corrected chi connectivity index (χ1v) is 6.98. The molecule has 1 aromatic rings. The summed E-state index contributed by atoms with van der Waals surface area (Å²) >= 11 is 5.37. The van der Waals surface area contributed by atoms with Crippen LogP contribution in [0.4, 0.5) is 5.95 Å². The standard InChI is InChI=1S/C13H21N3S/c1-3-11-10(2)14-13(15-12(11)17)16-8-6-4-5-7-9-16/h3-9H2,1-2H3,(H,14,15,17). The summed E-state index contributed by atoms with van der Waals surface area (Å²) in [5.41, 5.74) is 2.35. The number of hydrogen-bond donors (Lipinski definition) is 1. The summed E-state index contributed by atoms with van der Waals surface area (Å²) in [6.07, 6.45) is 6.15. The fraction of sp³-hybridized carbons (Fsp3) is 0.692. The van der Waals surface area contributed by atoms with Gasteiger partial charge in [-0.25, -0.2) is 4.98 Å². The zero-order chi connectivity index (χ0) is 12.3. The van der Waals surface area contributed by atoms with Crippen LogP contribution in [0.25, 0.3) is 0 Å². The molecule has 0 aromatic carbocycles. The Hall–Kier alpha value is -0.900. The Balaban J connectivity index is 2.29. The van der Waals surface area contributed by atoms with E-state index in [4.69, 9.17) is 12.2 Å². The van der Waals surface area contributed by atoms with Crippen LogP contribution in [-0.4, -0.2) is 23.1 Å². The topological polar surface area (TPSA) is 31.9 Å². The highest BCUT2D eigenvalue weighted by molar-refractivity contribution is 7.71. The molecule has 3 nitrogen and oxygen atoms in total. The SMILES string of the molecule is CCc1c(C)[nH]c(N2CCCCCC2)nc1=S. The number of nitrogens with one attached hydrogen (secondary N) is 1. The fourth-order valence-electron chi connectivity index (χ4n) is 2.44. The zero-order valence-electron chi connectivity index (χ0n) is 10.8. The Morgan fingerprint density at radius 2 is 1.88 bits per heavy atom. The minimum absolute atomic E-state index is 0.767. The highest BCUT2D eigenvalue weighted by Gasteiger charge is 2.13. The molecule has 17 heavy (non-hydrogen) atoms. The van der Waals surface area contributed by atoms with Crippen molar-refractivity contribution in [2.45, 2.75) is 46.0 Å². The highest BCUT2D eigenvalue weighted by atomic mass is 32.1. The number of H-pyrrole nitrogens is 1. The molecule has 94 valence electrons. The van der Waals surface area contributed by atoms with Gasteiger partial charge < -0.3 is 9.88 Å². The van der Waals surface area contributed by atoms with Crippen LogP contribution in [0.1, 0.15) is 43.9 Å². The lowest BCUT2D eigenvalue weighted by molar-refractivity contribution is 0.726. The summed E-state index contributed by atoms with van der Waals surface area (Å²) in [6.45, 7) is 6.42. The molecular formula is C13H21N3S. The van der Waals surface area contributed by atoms with Gasteiger partial charge in [-0.3, -0.25) is 0 Å². The first kappa shape index (κ1) is 12.6. The Morgan fingerprint density at radius 3 is 2.41 bits per heavy atom. The molecule has 1 aliphatic rings. The van der Waals surface area contributed by atoms with Gasteiger partial charge in [0, 0.05) is 24.3 Å². The molecular weight excluding hydrogens is 230 g/mol. The second kappa shape index (κ2) is 5.63. The molecule has 1 aliphatic heterocycles. The molecule has 0 amide bonds. The second-order valence-corrected chi connectivity index (χ2v) is 5.11. The molecule has 0 aliphatic carbocycles. The van der Waals surface area contributed by atoms with Gasteiger partial charge in [-0.05, 0) is 26.2 Å². The van der Waals surface area contributed by atoms with Crippen LogP contribution >= 0.6 is 12.2 Å². The highest BCUT2D eigenvalue weighted by Crippen LogP contribution is 2.17. The summed E-state index contributed by atoms with van der Waals surface area (Å²) < 4.78 is 0.767. The van der Waals surface area contributed by atoms with E-state index in [0.717, 1.165) is 30.1 Å². The van der Waals surface area contributed by atoms with E-state index in [0.29, 0.717) is 0 Å². The van der Waals surface area contributed by atoms with Gasteiger partial charge in [-0.2, -0.15) is 0 Å². The molecule has 2 heterocycles. The summed E-state index contributed by atoms with van der Waals surface area (Å²) in [7, 11) is 0. The monoisotopic (exact) mass is 251 g/mol. The van der Waals surface area contributed by atoms with Crippen LogP contribution in [0.3, 0.4) is 0 Å². The van der Waals surface area contributed by atoms with Crippen molar-refractivity contribution in [1.29, 1.82) is 0 Å². The van der Waals surface area contributed by atoms with Gasteiger partial charge in [0.05, 0.1) is 0 Å². The quantitative estimate of drug-likeness (QED) is 0.818. The number of rotatable bonds is 2. The number of hydrogen-bond acceptors (Lipinski definition) is 3. The summed E-state index contributed by atoms with van der Waals surface area (Å²) in [4.78, 5) is 10.3. The van der Waals surface area contributed by atoms with Gasteiger partial charge in [0.15, 0.2) is 0 Å². The number of anilines is 1. The van der Waals surface area contributed by atoms with Crippen molar-refractivity contribution in [2.75, 3.05) is 18.0 Å². The largest absolute Gasteiger partial charge is 0.342 e. The van der Waals surface area contributed by atoms with Gasteiger partial charge in [0.1, 0.15) is 4.64 Å². The normalized spacial score (nSPS) is 16.9. The minimum Gasteiger partial charge on any atom is -0.342 e. The van der Waals surface area contributed by atoms with E-state index in [1.165, 1.54) is 36.9 Å². The van der Waals surface area contributed by atoms with E-state index < -0.39 is 0 Å². The first-order valence-electron chi connectivity index (χ1n) is 6.57. The summed E-state index contributed by atoms with van der Waals surface area (Å²) in [6, 6.07) is 0. The number of aromatic amines is 1. The third-order valence-electron chi connectivity index (χ3n) is 3.48. The van der Waals surface area contributed by atoms with Crippen LogP contribution in [0, 0.1) is 11.6 Å². The number of aryl methyl sites for hydroxylation is 1. The Kier molecular flexibility index (Phi) is 4.15. The summed E-state index contributed by atoms with van der Waals surface area (Å²) in [5, 5.41) is 0. The van der Waals surface area contributed by atoms with Crippen molar-refractivity contribution >= 4 is 18.2 Å². The molecule has 0 atom stereocenters. The van der Waals surface area contributed by atoms with Crippen molar-refractivity contribution in [2.24, 2.45) is 0 Å². The van der Waals surface area contributed by atoms with Crippen LogP contribution in [0.5, 0.6) is 0 Å². The molecule has 1 aromatic heterocycles. The Bertz CT molecular complexity index is 431. The average Bonchev–Trinajstić information content (AvgIpc) is 2.57. The van der Waals surface area contributed by atoms with Gasteiger partial charge >= 0.3 is 0 Å². The van der Waals surface area contributed by atoms with Crippen LogP contribution in [0.15, 0.2) is 0 Å². The lowest BCUT2D eigenvalue weighted by atomic mass is 10.2. The third-order valence-corrected chi connectivity index (χ3v) is 3.81. The second-order valence-electron chi connectivity index (χ2n) is 4.72. The maximum Gasteiger partial charge on any atom is 0.204 e. The molecule has 1 saturated heterocycles. The molecule has 2 rings (SSSR count). The molecule has 0 saturated carbocycles. The van der Waals surface area contributed by atoms with Crippen LogP contribution < -0.4 is 4.90 Å². The van der Waals surface area contributed by atoms with Crippen LogP contribution in [0.2, 0.25) is 0 Å². The molecule has 0 radical (unpaired) electrons. The Labute approximate surface area is 108 Å². The van der Waals surface area contributed by atoms with E-state index in [2.05, 4.69) is 28.7 Å². The van der Waals surface area contributed by atoms with E-state index >= 15 is 0 Å². The van der Waals surface area contributed by atoms with Gasteiger partial charge in [-0.15, -0.1) is 0 Å². The molecule has 0 unspecified atom stereocenters. The van der Waals surface area contributed by atoms with E-state index in [1.54, 1.807) is 0 Å². The lowest BCUT2D eigenvalue weighted by Crippen LogP contribution is -2.26. The van der Waals surface area contributed by atoms with Crippen molar-refractivity contribution < 1.29 is 0 Å². The molecule has 4 heteroatoms. The average molecular weight is 251 g/mol. The van der Waals surface area contributed by atoms with Crippen LogP contribution in [-0.2, 0) is 6.42 Å².